The van der Waals surface area contributed by atoms with Crippen LogP contribution < -0.4 is 10.6 Å². The molecule has 1 atom stereocenters. The Morgan fingerprint density at radius 3 is 2.61 bits per heavy atom. The predicted octanol–water partition coefficient (Wildman–Crippen LogP) is 1.90. The number of aromatic nitrogens is 2. The molecule has 1 unspecified atom stereocenters. The monoisotopic (exact) mass is 338 g/mol. The van der Waals surface area contributed by atoms with Crippen molar-refractivity contribution in [3.63, 3.8) is 0 Å². The first-order valence-electron chi connectivity index (χ1n) is 6.62. The van der Waals surface area contributed by atoms with Crippen molar-refractivity contribution in [2.75, 3.05) is 11.6 Å². The molecule has 23 heavy (non-hydrogen) atoms. The van der Waals surface area contributed by atoms with Crippen molar-refractivity contribution in [2.24, 2.45) is 0 Å². The quantitative estimate of drug-likeness (QED) is 0.887. The normalized spacial score (nSPS) is 12.5. The number of hydrogen-bond acceptors (Lipinski definition) is 5. The highest BCUT2D eigenvalue weighted by atomic mass is 32.2. The van der Waals surface area contributed by atoms with Crippen LogP contribution in [0.4, 0.5) is 15.0 Å². The van der Waals surface area contributed by atoms with E-state index < -0.39 is 27.7 Å². The zero-order valence-corrected chi connectivity index (χ0v) is 13.3. The molecule has 0 aliphatic heterocycles. The second-order valence-electron chi connectivity index (χ2n) is 4.89. The Bertz CT molecular complexity index is 812. The van der Waals surface area contributed by atoms with Crippen LogP contribution in [-0.4, -0.2) is 30.9 Å². The van der Waals surface area contributed by atoms with Gasteiger partial charge in [0.05, 0.1) is 6.04 Å². The fraction of sp³-hybridized carbons (Fsp3) is 0.214. The second kappa shape index (κ2) is 6.69. The molecule has 2 rings (SSSR count). The highest BCUT2D eigenvalue weighted by Gasteiger charge is 2.17. The first kappa shape index (κ1) is 16.8. The Morgan fingerprint density at radius 2 is 2.04 bits per heavy atom. The molecule has 0 aliphatic rings. The zero-order valence-electron chi connectivity index (χ0n) is 12.4. The lowest BCUT2D eigenvalue weighted by Gasteiger charge is -2.15. The molecule has 0 aliphatic carbocycles. The van der Waals surface area contributed by atoms with E-state index in [-0.39, 0.29) is 10.7 Å². The topological polar surface area (TPSA) is 101 Å². The van der Waals surface area contributed by atoms with E-state index in [4.69, 9.17) is 0 Å². The Morgan fingerprint density at radius 1 is 1.30 bits per heavy atom. The van der Waals surface area contributed by atoms with E-state index in [0.29, 0.717) is 5.56 Å². The summed E-state index contributed by atoms with van der Waals surface area (Å²) in [5.74, 6) is -0.580. The summed E-state index contributed by atoms with van der Waals surface area (Å²) in [6.07, 6.45) is 2.40. The van der Waals surface area contributed by atoms with Gasteiger partial charge in [-0.15, -0.1) is 5.10 Å². The number of halogens is 1. The highest BCUT2D eigenvalue weighted by Crippen LogP contribution is 2.20. The zero-order chi connectivity index (χ0) is 17.0. The lowest BCUT2D eigenvalue weighted by Crippen LogP contribution is -2.31. The number of hydrogen-bond donors (Lipinski definition) is 2. The van der Waals surface area contributed by atoms with Crippen LogP contribution >= 0.6 is 0 Å². The SMILES string of the molecule is CC(NC(=O)Nc1cccnn1)c1ccc(S(C)(=O)=O)c(F)c1. The lowest BCUT2D eigenvalue weighted by molar-refractivity contribution is 0.249. The molecular weight excluding hydrogens is 323 g/mol. The van der Waals surface area contributed by atoms with Gasteiger partial charge in [-0.25, -0.2) is 17.6 Å². The van der Waals surface area contributed by atoms with Gasteiger partial charge in [0.15, 0.2) is 15.7 Å². The minimum atomic E-state index is -3.63. The van der Waals surface area contributed by atoms with E-state index in [1.54, 1.807) is 19.1 Å². The number of amides is 2. The van der Waals surface area contributed by atoms with Crippen LogP contribution in [0.1, 0.15) is 18.5 Å². The molecule has 0 saturated carbocycles. The summed E-state index contributed by atoms with van der Waals surface area (Å²) in [5, 5.41) is 12.4. The molecule has 0 bridgehead atoms. The van der Waals surface area contributed by atoms with Crippen molar-refractivity contribution < 1.29 is 17.6 Å². The van der Waals surface area contributed by atoms with Crippen molar-refractivity contribution >= 4 is 21.7 Å². The van der Waals surface area contributed by atoms with Crippen LogP contribution in [0.2, 0.25) is 0 Å². The average molecular weight is 338 g/mol. The molecule has 2 N–H and O–H groups in total. The summed E-state index contributed by atoms with van der Waals surface area (Å²) < 4.78 is 36.6. The molecule has 0 saturated heterocycles. The van der Waals surface area contributed by atoms with Gasteiger partial charge in [0.1, 0.15) is 10.7 Å². The fourth-order valence-corrected chi connectivity index (χ4v) is 2.62. The Labute approximate surface area is 132 Å². The molecule has 2 aromatic rings. The third-order valence-corrected chi connectivity index (χ3v) is 4.15. The van der Waals surface area contributed by atoms with Crippen molar-refractivity contribution in [2.45, 2.75) is 17.9 Å². The Balaban J connectivity index is 2.07. The van der Waals surface area contributed by atoms with Gasteiger partial charge in [-0.2, -0.15) is 5.10 Å². The maximum Gasteiger partial charge on any atom is 0.320 e. The van der Waals surface area contributed by atoms with E-state index in [0.717, 1.165) is 12.3 Å². The van der Waals surface area contributed by atoms with E-state index in [1.165, 1.54) is 18.3 Å². The summed E-state index contributed by atoms with van der Waals surface area (Å²) in [4.78, 5) is 11.5. The van der Waals surface area contributed by atoms with Crippen molar-refractivity contribution in [1.82, 2.24) is 15.5 Å². The number of rotatable bonds is 4. The summed E-state index contributed by atoms with van der Waals surface area (Å²) >= 11 is 0. The number of benzene rings is 1. The molecule has 122 valence electrons. The van der Waals surface area contributed by atoms with E-state index in [9.17, 15) is 17.6 Å². The molecule has 1 aromatic carbocycles. The Hall–Kier alpha value is -2.55. The van der Waals surface area contributed by atoms with Gasteiger partial charge in [-0.3, -0.25) is 5.32 Å². The third-order valence-electron chi connectivity index (χ3n) is 3.02. The smallest absolute Gasteiger partial charge is 0.320 e. The second-order valence-corrected chi connectivity index (χ2v) is 6.88. The largest absolute Gasteiger partial charge is 0.331 e. The highest BCUT2D eigenvalue weighted by molar-refractivity contribution is 7.90. The molecule has 1 heterocycles. The molecule has 7 nitrogen and oxygen atoms in total. The number of carbonyl (C=O) groups is 1. The molecular formula is C14H15FN4O3S. The van der Waals surface area contributed by atoms with Gasteiger partial charge in [0, 0.05) is 12.5 Å². The number of carbonyl (C=O) groups excluding carboxylic acids is 1. The molecule has 1 aromatic heterocycles. The van der Waals surface area contributed by atoms with Crippen LogP contribution in [0, 0.1) is 5.82 Å². The molecule has 9 heteroatoms. The van der Waals surface area contributed by atoms with E-state index in [1.807, 2.05) is 0 Å². The van der Waals surface area contributed by atoms with Crippen LogP contribution in [-0.2, 0) is 9.84 Å². The van der Waals surface area contributed by atoms with Gasteiger partial charge in [-0.05, 0) is 36.8 Å². The standard InChI is InChI=1S/C14H15FN4O3S/c1-9(17-14(20)18-13-4-3-7-16-19-13)10-5-6-12(11(15)8-10)23(2,21)22/h3-9H,1-2H3,(H2,17,18,19,20). The lowest BCUT2D eigenvalue weighted by atomic mass is 10.1. The number of nitrogens with one attached hydrogen (secondary N) is 2. The first-order chi connectivity index (χ1) is 10.8. The minimum absolute atomic E-state index is 0.274. The number of sulfone groups is 1. The summed E-state index contributed by atoms with van der Waals surface area (Å²) in [6.45, 7) is 1.64. The number of nitrogens with zero attached hydrogens (tertiary/aromatic N) is 2. The van der Waals surface area contributed by atoms with Crippen LogP contribution in [0.15, 0.2) is 41.4 Å². The minimum Gasteiger partial charge on any atom is -0.331 e. The van der Waals surface area contributed by atoms with Crippen LogP contribution in [0.5, 0.6) is 0 Å². The molecule has 0 radical (unpaired) electrons. The van der Waals surface area contributed by atoms with Crippen LogP contribution in [0.25, 0.3) is 0 Å². The maximum absolute atomic E-state index is 13.9. The van der Waals surface area contributed by atoms with E-state index >= 15 is 0 Å². The predicted molar refractivity (Wildman–Crippen MR) is 82.1 cm³/mol. The third kappa shape index (κ3) is 4.46. The van der Waals surface area contributed by atoms with Crippen molar-refractivity contribution in [1.29, 1.82) is 0 Å². The van der Waals surface area contributed by atoms with E-state index in [2.05, 4.69) is 20.8 Å². The molecule has 0 spiro atoms. The van der Waals surface area contributed by atoms with Gasteiger partial charge in [0.25, 0.3) is 0 Å². The van der Waals surface area contributed by atoms with Gasteiger partial charge >= 0.3 is 6.03 Å². The van der Waals surface area contributed by atoms with Crippen LogP contribution in [0.3, 0.4) is 0 Å². The van der Waals surface area contributed by atoms with Gasteiger partial charge in [-0.1, -0.05) is 6.07 Å². The molecule has 0 fully saturated rings. The summed E-state index contributed by atoms with van der Waals surface area (Å²) in [7, 11) is -3.63. The van der Waals surface area contributed by atoms with Crippen molar-refractivity contribution in [3.8, 4) is 0 Å². The number of urea groups is 1. The first-order valence-corrected chi connectivity index (χ1v) is 8.51. The number of anilines is 1. The fourth-order valence-electron chi connectivity index (χ4n) is 1.89. The Kier molecular flexibility index (Phi) is 4.89. The van der Waals surface area contributed by atoms with Crippen molar-refractivity contribution in [3.05, 3.63) is 47.9 Å². The summed E-state index contributed by atoms with van der Waals surface area (Å²) in [6, 6.07) is 5.83. The maximum atomic E-state index is 13.9. The average Bonchev–Trinajstić information content (AvgIpc) is 2.46. The van der Waals surface area contributed by atoms with Gasteiger partial charge < -0.3 is 5.32 Å². The summed E-state index contributed by atoms with van der Waals surface area (Å²) in [5.41, 5.74) is 0.434. The molecule has 2 amide bonds. The van der Waals surface area contributed by atoms with Gasteiger partial charge in [0.2, 0.25) is 0 Å².